The number of urea groups is 1. The van der Waals surface area contributed by atoms with Crippen molar-refractivity contribution in [1.82, 2.24) is 20.4 Å². The first kappa shape index (κ1) is 20.9. The van der Waals surface area contributed by atoms with E-state index in [-0.39, 0.29) is 23.4 Å². The van der Waals surface area contributed by atoms with Gasteiger partial charge in [-0.3, -0.25) is 15.4 Å². The van der Waals surface area contributed by atoms with Crippen molar-refractivity contribution in [2.45, 2.75) is 65.2 Å². The predicted octanol–water partition coefficient (Wildman–Crippen LogP) is 3.48. The van der Waals surface area contributed by atoms with Gasteiger partial charge in [-0.15, -0.1) is 0 Å². The normalized spacial score (nSPS) is 19.6. The van der Waals surface area contributed by atoms with E-state index >= 15 is 0 Å². The lowest BCUT2D eigenvalue weighted by Gasteiger charge is -2.32. The number of carbonyl (C=O) groups excluding carboxylic acids is 2. The minimum atomic E-state index is -0.522. The fourth-order valence-corrected chi connectivity index (χ4v) is 3.21. The van der Waals surface area contributed by atoms with Crippen molar-refractivity contribution >= 4 is 23.4 Å². The van der Waals surface area contributed by atoms with Crippen LogP contribution in [0.3, 0.4) is 0 Å². The number of benzene rings is 1. The van der Waals surface area contributed by atoms with Crippen LogP contribution >= 0.6 is 0 Å². The Kier molecular flexibility index (Phi) is 5.93. The van der Waals surface area contributed by atoms with Gasteiger partial charge < -0.3 is 10.6 Å². The first-order valence-corrected chi connectivity index (χ1v) is 9.96. The van der Waals surface area contributed by atoms with Gasteiger partial charge in [0, 0.05) is 29.6 Å². The van der Waals surface area contributed by atoms with Crippen molar-refractivity contribution in [2.24, 2.45) is 0 Å². The van der Waals surface area contributed by atoms with Gasteiger partial charge in [0.15, 0.2) is 6.29 Å². The number of nitrogens with one attached hydrogen (secondary N) is 4. The Morgan fingerprint density at radius 2 is 2.03 bits per heavy atom. The third-order valence-electron chi connectivity index (χ3n) is 4.88. The summed E-state index contributed by atoms with van der Waals surface area (Å²) in [4.78, 5) is 24.7. The van der Waals surface area contributed by atoms with Crippen LogP contribution in [0.5, 0.6) is 0 Å². The van der Waals surface area contributed by atoms with Gasteiger partial charge in [0.25, 0.3) is 0 Å². The van der Waals surface area contributed by atoms with Gasteiger partial charge in [-0.25, -0.2) is 9.48 Å². The Morgan fingerprint density at radius 1 is 1.28 bits per heavy atom. The summed E-state index contributed by atoms with van der Waals surface area (Å²) in [7, 11) is 0. The summed E-state index contributed by atoms with van der Waals surface area (Å²) in [6, 6.07) is 9.12. The van der Waals surface area contributed by atoms with Crippen molar-refractivity contribution in [2.75, 3.05) is 10.6 Å². The van der Waals surface area contributed by atoms with Gasteiger partial charge in [0.2, 0.25) is 5.91 Å². The van der Waals surface area contributed by atoms with Crippen LogP contribution in [0.25, 0.3) is 0 Å². The zero-order valence-electron chi connectivity index (χ0n) is 17.7. The summed E-state index contributed by atoms with van der Waals surface area (Å²) in [6.45, 7) is 10.2. The van der Waals surface area contributed by atoms with Crippen LogP contribution in [0, 0.1) is 6.92 Å². The second kappa shape index (κ2) is 8.24. The topological polar surface area (TPSA) is 100 Å². The van der Waals surface area contributed by atoms with E-state index < -0.39 is 6.29 Å². The van der Waals surface area contributed by atoms with E-state index in [1.807, 2.05) is 44.2 Å². The van der Waals surface area contributed by atoms with Crippen molar-refractivity contribution < 1.29 is 9.59 Å². The number of hydrogen-bond donors (Lipinski definition) is 4. The highest BCUT2D eigenvalue weighted by molar-refractivity contribution is 5.99. The number of anilines is 2. The summed E-state index contributed by atoms with van der Waals surface area (Å²) in [5.41, 5.74) is 2.37. The van der Waals surface area contributed by atoms with E-state index in [4.69, 9.17) is 0 Å². The molecule has 0 saturated carbocycles. The maximum Gasteiger partial charge on any atom is 0.324 e. The summed E-state index contributed by atoms with van der Waals surface area (Å²) in [5, 5.41) is 16.7. The molecule has 1 aliphatic rings. The van der Waals surface area contributed by atoms with E-state index in [0.29, 0.717) is 17.9 Å². The molecule has 4 N–H and O–H groups in total. The number of aromatic nitrogens is 2. The van der Waals surface area contributed by atoms with Gasteiger partial charge >= 0.3 is 6.03 Å². The van der Waals surface area contributed by atoms with Gasteiger partial charge in [-0.2, -0.15) is 5.10 Å². The zero-order chi connectivity index (χ0) is 21.2. The standard InChI is InChI=1S/C21H30N6O2/c1-6-14-11-18(28)25-19(22-14)27-17(12-16(26-27)21(3,4)5)24-20(29)23-15-9-7-8-13(2)10-15/h7-10,12,14,19,22H,6,11H2,1-5H3,(H,25,28)(H2,23,24,29). The Bertz CT molecular complexity index is 899. The predicted molar refractivity (Wildman–Crippen MR) is 114 cm³/mol. The molecule has 3 amide bonds. The first-order valence-electron chi connectivity index (χ1n) is 9.96. The Balaban J connectivity index is 1.85. The number of hydrogen-bond acceptors (Lipinski definition) is 4. The monoisotopic (exact) mass is 398 g/mol. The van der Waals surface area contributed by atoms with Crippen LogP contribution < -0.4 is 21.3 Å². The Hall–Kier alpha value is -2.87. The maximum absolute atomic E-state index is 12.6. The molecule has 8 nitrogen and oxygen atoms in total. The molecule has 2 aromatic rings. The minimum absolute atomic E-state index is 0.0384. The van der Waals surface area contributed by atoms with E-state index in [9.17, 15) is 9.59 Å². The van der Waals surface area contributed by atoms with E-state index in [0.717, 1.165) is 17.7 Å². The highest BCUT2D eigenvalue weighted by atomic mass is 16.2. The number of carbonyl (C=O) groups is 2. The Labute approximate surface area is 171 Å². The fraction of sp³-hybridized carbons (Fsp3) is 0.476. The molecular weight excluding hydrogens is 368 g/mol. The average molecular weight is 399 g/mol. The fourth-order valence-electron chi connectivity index (χ4n) is 3.21. The molecule has 2 heterocycles. The smallest absolute Gasteiger partial charge is 0.322 e. The molecule has 3 rings (SSSR count). The van der Waals surface area contributed by atoms with Crippen LogP contribution in [0.15, 0.2) is 30.3 Å². The maximum atomic E-state index is 12.6. The largest absolute Gasteiger partial charge is 0.324 e. The number of nitrogens with zero attached hydrogens (tertiary/aromatic N) is 2. The van der Waals surface area contributed by atoms with E-state index in [2.05, 4.69) is 47.1 Å². The van der Waals surface area contributed by atoms with Crippen LogP contribution in [-0.4, -0.2) is 27.8 Å². The summed E-state index contributed by atoms with van der Waals surface area (Å²) in [5.74, 6) is 0.471. The van der Waals surface area contributed by atoms with E-state index in [1.165, 1.54) is 0 Å². The second-order valence-electron chi connectivity index (χ2n) is 8.50. The first-order chi connectivity index (χ1) is 13.7. The zero-order valence-corrected chi connectivity index (χ0v) is 17.7. The van der Waals surface area contributed by atoms with Crippen molar-refractivity contribution in [3.8, 4) is 0 Å². The molecule has 0 spiro atoms. The van der Waals surface area contributed by atoms with Gasteiger partial charge in [0.1, 0.15) is 5.82 Å². The molecule has 8 heteroatoms. The number of aryl methyl sites for hydroxylation is 1. The number of rotatable bonds is 4. The SMILES string of the molecule is CCC1CC(=O)NC(n2nc(C(C)(C)C)cc2NC(=O)Nc2cccc(C)c2)N1. The number of amides is 3. The molecule has 0 aliphatic carbocycles. The average Bonchev–Trinajstić information content (AvgIpc) is 3.05. The Morgan fingerprint density at radius 3 is 2.69 bits per heavy atom. The molecule has 0 radical (unpaired) electrons. The molecule has 1 aromatic heterocycles. The van der Waals surface area contributed by atoms with Crippen molar-refractivity contribution in [3.63, 3.8) is 0 Å². The minimum Gasteiger partial charge on any atom is -0.322 e. The highest BCUT2D eigenvalue weighted by Crippen LogP contribution is 2.26. The molecule has 1 aromatic carbocycles. The lowest BCUT2D eigenvalue weighted by molar-refractivity contribution is -0.125. The van der Waals surface area contributed by atoms with Crippen LogP contribution in [0.4, 0.5) is 16.3 Å². The van der Waals surface area contributed by atoms with Gasteiger partial charge in [-0.1, -0.05) is 39.8 Å². The molecule has 156 valence electrons. The van der Waals surface area contributed by atoms with E-state index in [1.54, 1.807) is 4.68 Å². The molecular formula is C21H30N6O2. The summed E-state index contributed by atoms with van der Waals surface area (Å²) < 4.78 is 1.64. The summed E-state index contributed by atoms with van der Waals surface area (Å²) in [6.07, 6.45) is 0.733. The van der Waals surface area contributed by atoms with Crippen LogP contribution in [-0.2, 0) is 10.2 Å². The van der Waals surface area contributed by atoms with Crippen molar-refractivity contribution in [3.05, 3.63) is 41.6 Å². The molecule has 1 aliphatic heterocycles. The summed E-state index contributed by atoms with van der Waals surface area (Å²) >= 11 is 0. The third-order valence-corrected chi connectivity index (χ3v) is 4.88. The molecule has 1 fully saturated rings. The van der Waals surface area contributed by atoms with Crippen LogP contribution in [0.2, 0.25) is 0 Å². The van der Waals surface area contributed by atoms with Gasteiger partial charge in [0.05, 0.1) is 5.69 Å². The third kappa shape index (κ3) is 5.14. The lowest BCUT2D eigenvalue weighted by atomic mass is 9.92. The molecule has 2 unspecified atom stereocenters. The highest BCUT2D eigenvalue weighted by Gasteiger charge is 2.30. The van der Waals surface area contributed by atoms with Crippen molar-refractivity contribution in [1.29, 1.82) is 0 Å². The molecule has 29 heavy (non-hydrogen) atoms. The molecule has 2 atom stereocenters. The van der Waals surface area contributed by atoms with Crippen LogP contribution in [0.1, 0.15) is 58.1 Å². The second-order valence-corrected chi connectivity index (χ2v) is 8.50. The van der Waals surface area contributed by atoms with Gasteiger partial charge in [-0.05, 0) is 31.0 Å². The lowest BCUT2D eigenvalue weighted by Crippen LogP contribution is -2.53. The molecule has 1 saturated heterocycles. The molecule has 0 bridgehead atoms. The quantitative estimate of drug-likeness (QED) is 0.633.